The Morgan fingerprint density at radius 2 is 2.00 bits per heavy atom. The van der Waals surface area contributed by atoms with Gasteiger partial charge in [0.2, 0.25) is 0 Å². The predicted molar refractivity (Wildman–Crippen MR) is 71.3 cm³/mol. The zero-order valence-corrected chi connectivity index (χ0v) is 11.2. The van der Waals surface area contributed by atoms with E-state index in [0.29, 0.717) is 5.84 Å². The van der Waals surface area contributed by atoms with Crippen molar-refractivity contribution >= 4 is 5.84 Å². The molecule has 0 fully saturated rings. The summed E-state index contributed by atoms with van der Waals surface area (Å²) in [5, 5.41) is 0. The summed E-state index contributed by atoms with van der Waals surface area (Å²) in [5.41, 5.74) is 4.47. The van der Waals surface area contributed by atoms with E-state index in [9.17, 15) is 0 Å². The Morgan fingerprint density at radius 3 is 2.47 bits per heavy atom. The van der Waals surface area contributed by atoms with E-state index in [-0.39, 0.29) is 5.54 Å². The maximum absolute atomic E-state index is 5.52. The summed E-state index contributed by atoms with van der Waals surface area (Å²) in [6.07, 6.45) is 0. The third kappa shape index (κ3) is 3.75. The van der Waals surface area contributed by atoms with Crippen LogP contribution in [0.3, 0.4) is 0 Å². The minimum Gasteiger partial charge on any atom is -0.496 e. The molecule has 3 N–H and O–H groups in total. The van der Waals surface area contributed by atoms with Gasteiger partial charge in [0.15, 0.2) is 0 Å². The summed E-state index contributed by atoms with van der Waals surface area (Å²) >= 11 is 0. The Balaban J connectivity index is 3.18. The van der Waals surface area contributed by atoms with Gasteiger partial charge in [-0.2, -0.15) is 0 Å². The van der Waals surface area contributed by atoms with Crippen LogP contribution in [0.5, 0.6) is 5.75 Å². The number of nitrogens with zero attached hydrogens (tertiary/aromatic N) is 1. The summed E-state index contributed by atoms with van der Waals surface area (Å²) in [5.74, 6) is 7.02. The number of nitrogens with one attached hydrogen (secondary N) is 1. The van der Waals surface area contributed by atoms with Crippen molar-refractivity contribution in [3.63, 3.8) is 0 Å². The first-order valence-electron chi connectivity index (χ1n) is 5.59. The fraction of sp³-hybridized carbons (Fsp3) is 0.462. The molecule has 0 heterocycles. The monoisotopic (exact) mass is 235 g/mol. The molecule has 0 atom stereocenters. The van der Waals surface area contributed by atoms with E-state index in [2.05, 4.69) is 10.4 Å². The molecule has 4 nitrogen and oxygen atoms in total. The Morgan fingerprint density at radius 1 is 1.35 bits per heavy atom. The molecule has 0 saturated heterocycles. The minimum absolute atomic E-state index is 0.181. The summed E-state index contributed by atoms with van der Waals surface area (Å²) in [6, 6.07) is 5.89. The van der Waals surface area contributed by atoms with Crippen molar-refractivity contribution in [2.24, 2.45) is 10.8 Å². The highest BCUT2D eigenvalue weighted by Crippen LogP contribution is 2.20. The second-order valence-corrected chi connectivity index (χ2v) is 4.96. The molecule has 0 bridgehead atoms. The van der Waals surface area contributed by atoms with Gasteiger partial charge in [-0.3, -0.25) is 4.99 Å². The molecule has 1 aromatic rings. The van der Waals surface area contributed by atoms with Gasteiger partial charge in [-0.05, 0) is 39.3 Å². The van der Waals surface area contributed by atoms with E-state index in [0.717, 1.165) is 16.9 Å². The van der Waals surface area contributed by atoms with Crippen LogP contribution in [0.25, 0.3) is 0 Å². The largest absolute Gasteiger partial charge is 0.496 e. The van der Waals surface area contributed by atoms with Gasteiger partial charge >= 0.3 is 0 Å². The van der Waals surface area contributed by atoms with Crippen LogP contribution in [-0.2, 0) is 0 Å². The second kappa shape index (κ2) is 5.19. The smallest absolute Gasteiger partial charge is 0.143 e. The quantitative estimate of drug-likeness (QED) is 0.357. The van der Waals surface area contributed by atoms with Crippen molar-refractivity contribution in [2.75, 3.05) is 7.11 Å². The van der Waals surface area contributed by atoms with Crippen molar-refractivity contribution in [2.45, 2.75) is 33.2 Å². The fourth-order valence-corrected chi connectivity index (χ4v) is 1.48. The zero-order valence-electron chi connectivity index (χ0n) is 11.2. The SMILES string of the molecule is COc1cc(C(=NC(C)(C)C)NN)ccc1C. The standard InChI is InChI=1S/C13H21N3O/c1-9-6-7-10(8-11(9)17-5)12(16-14)15-13(2,3)4/h6-8H,14H2,1-5H3,(H,15,16). The molecule has 4 heteroatoms. The Labute approximate surface area is 103 Å². The predicted octanol–water partition coefficient (Wildman–Crippen LogP) is 2.01. The molecule has 0 unspecified atom stereocenters. The number of ether oxygens (including phenoxy) is 1. The summed E-state index contributed by atoms with van der Waals surface area (Å²) in [4.78, 5) is 4.53. The lowest BCUT2D eigenvalue weighted by molar-refractivity contribution is 0.411. The van der Waals surface area contributed by atoms with Crippen molar-refractivity contribution in [1.82, 2.24) is 5.43 Å². The highest BCUT2D eigenvalue weighted by molar-refractivity contribution is 5.99. The van der Waals surface area contributed by atoms with Crippen LogP contribution in [0.1, 0.15) is 31.9 Å². The number of hydrazine groups is 1. The Hall–Kier alpha value is -1.55. The molecule has 1 aromatic carbocycles. The van der Waals surface area contributed by atoms with Gasteiger partial charge in [0.1, 0.15) is 11.6 Å². The number of amidine groups is 1. The lowest BCUT2D eigenvalue weighted by Crippen LogP contribution is -2.33. The van der Waals surface area contributed by atoms with Gasteiger partial charge in [0.25, 0.3) is 0 Å². The third-order valence-electron chi connectivity index (χ3n) is 2.27. The van der Waals surface area contributed by atoms with E-state index in [1.165, 1.54) is 0 Å². The first-order valence-corrected chi connectivity index (χ1v) is 5.59. The number of nitrogens with two attached hydrogens (primary N) is 1. The van der Waals surface area contributed by atoms with Crippen molar-refractivity contribution in [1.29, 1.82) is 0 Å². The van der Waals surface area contributed by atoms with Gasteiger partial charge in [-0.15, -0.1) is 0 Å². The summed E-state index contributed by atoms with van der Waals surface area (Å²) < 4.78 is 5.29. The summed E-state index contributed by atoms with van der Waals surface area (Å²) in [7, 11) is 1.66. The van der Waals surface area contributed by atoms with Crippen molar-refractivity contribution < 1.29 is 4.74 Å². The van der Waals surface area contributed by atoms with E-state index in [4.69, 9.17) is 10.6 Å². The molecule has 1 rings (SSSR count). The maximum Gasteiger partial charge on any atom is 0.143 e. The molecule has 0 radical (unpaired) electrons. The molecular formula is C13H21N3O. The first kappa shape index (κ1) is 13.5. The highest BCUT2D eigenvalue weighted by Gasteiger charge is 2.12. The topological polar surface area (TPSA) is 59.6 Å². The van der Waals surface area contributed by atoms with E-state index in [1.807, 2.05) is 45.9 Å². The van der Waals surface area contributed by atoms with Gasteiger partial charge < -0.3 is 10.2 Å². The molecule has 0 amide bonds. The van der Waals surface area contributed by atoms with Gasteiger partial charge in [0, 0.05) is 5.56 Å². The van der Waals surface area contributed by atoms with Crippen LogP contribution < -0.4 is 16.0 Å². The van der Waals surface area contributed by atoms with E-state index >= 15 is 0 Å². The van der Waals surface area contributed by atoms with E-state index < -0.39 is 0 Å². The molecule has 0 saturated carbocycles. The Bertz CT molecular complexity index is 419. The maximum atomic E-state index is 5.52. The van der Waals surface area contributed by atoms with Crippen LogP contribution >= 0.6 is 0 Å². The number of hydrogen-bond donors (Lipinski definition) is 2. The number of methoxy groups -OCH3 is 1. The Kier molecular flexibility index (Phi) is 4.12. The molecule has 17 heavy (non-hydrogen) atoms. The van der Waals surface area contributed by atoms with Crippen molar-refractivity contribution in [3.8, 4) is 5.75 Å². The number of rotatable bonds is 2. The second-order valence-electron chi connectivity index (χ2n) is 4.96. The first-order chi connectivity index (χ1) is 7.87. The van der Waals surface area contributed by atoms with Crippen LogP contribution in [0.2, 0.25) is 0 Å². The fourth-order valence-electron chi connectivity index (χ4n) is 1.48. The van der Waals surface area contributed by atoms with Gasteiger partial charge in [-0.1, -0.05) is 12.1 Å². The number of hydrogen-bond acceptors (Lipinski definition) is 3. The normalized spacial score (nSPS) is 12.5. The number of aryl methyl sites for hydroxylation is 1. The molecule has 0 aliphatic heterocycles. The molecule has 94 valence electrons. The lowest BCUT2D eigenvalue weighted by atomic mass is 10.1. The number of aliphatic imine (C=N–C) groups is 1. The summed E-state index contributed by atoms with van der Waals surface area (Å²) in [6.45, 7) is 8.07. The molecule has 0 aliphatic rings. The minimum atomic E-state index is -0.181. The lowest BCUT2D eigenvalue weighted by Gasteiger charge is -2.16. The third-order valence-corrected chi connectivity index (χ3v) is 2.27. The highest BCUT2D eigenvalue weighted by atomic mass is 16.5. The van der Waals surface area contributed by atoms with Gasteiger partial charge in [-0.25, -0.2) is 5.84 Å². The van der Waals surface area contributed by atoms with Gasteiger partial charge in [0.05, 0.1) is 12.6 Å². The molecule has 0 aromatic heterocycles. The van der Waals surface area contributed by atoms with Crippen LogP contribution in [0, 0.1) is 6.92 Å². The van der Waals surface area contributed by atoms with Crippen molar-refractivity contribution in [3.05, 3.63) is 29.3 Å². The average Bonchev–Trinajstić information content (AvgIpc) is 2.25. The molecule has 0 aliphatic carbocycles. The van der Waals surface area contributed by atoms with Crippen LogP contribution in [0.15, 0.2) is 23.2 Å². The van der Waals surface area contributed by atoms with Crippen LogP contribution in [0.4, 0.5) is 0 Å². The number of benzene rings is 1. The zero-order chi connectivity index (χ0) is 13.1. The molecule has 0 spiro atoms. The van der Waals surface area contributed by atoms with Crippen LogP contribution in [-0.4, -0.2) is 18.5 Å². The molecular weight excluding hydrogens is 214 g/mol. The van der Waals surface area contributed by atoms with E-state index in [1.54, 1.807) is 7.11 Å². The average molecular weight is 235 g/mol.